The molecule has 1 saturated heterocycles. The largest absolute Gasteiger partial charge is 0.494 e. The Kier molecular flexibility index (Phi) is 6.25. The van der Waals surface area contributed by atoms with Gasteiger partial charge in [-0.25, -0.2) is 9.69 Å². The van der Waals surface area contributed by atoms with Gasteiger partial charge in [0.25, 0.3) is 11.8 Å². The second-order valence-corrected chi connectivity index (χ2v) is 7.86. The standard InChI is InChI=1S/C25H27N3O4/c1-3-5-13-27-14-12-18-15-17(6-11-22(18)27)16-21-23(29)26-25(31)28(24(21)30)19-7-9-20(10-8-19)32-4-2/h6-11,15-16H,3-5,12-14H2,1-2H3,(H,26,29,31). The summed E-state index contributed by atoms with van der Waals surface area (Å²) in [6.45, 7) is 6.58. The molecule has 0 spiro atoms. The van der Waals surface area contributed by atoms with Crippen LogP contribution >= 0.6 is 0 Å². The van der Waals surface area contributed by atoms with E-state index in [2.05, 4.69) is 17.1 Å². The van der Waals surface area contributed by atoms with Gasteiger partial charge in [-0.05, 0) is 73.4 Å². The van der Waals surface area contributed by atoms with E-state index >= 15 is 0 Å². The third-order valence-corrected chi connectivity index (χ3v) is 5.70. The van der Waals surface area contributed by atoms with E-state index in [0.717, 1.165) is 42.8 Å². The number of nitrogens with zero attached hydrogens (tertiary/aromatic N) is 2. The molecule has 0 saturated carbocycles. The van der Waals surface area contributed by atoms with Crippen molar-refractivity contribution in [3.8, 4) is 5.75 Å². The summed E-state index contributed by atoms with van der Waals surface area (Å²) in [5.41, 5.74) is 3.49. The maximum Gasteiger partial charge on any atom is 0.335 e. The summed E-state index contributed by atoms with van der Waals surface area (Å²) >= 11 is 0. The molecule has 0 aromatic heterocycles. The van der Waals surface area contributed by atoms with Crippen LogP contribution in [0.25, 0.3) is 6.08 Å². The highest BCUT2D eigenvalue weighted by Crippen LogP contribution is 2.30. The zero-order chi connectivity index (χ0) is 22.7. The molecule has 2 aromatic carbocycles. The predicted molar refractivity (Wildman–Crippen MR) is 124 cm³/mol. The van der Waals surface area contributed by atoms with Crippen molar-refractivity contribution in [3.05, 3.63) is 59.2 Å². The molecule has 1 N–H and O–H groups in total. The van der Waals surface area contributed by atoms with Crippen LogP contribution in [0.15, 0.2) is 48.0 Å². The molecule has 2 heterocycles. The zero-order valence-electron chi connectivity index (χ0n) is 18.4. The van der Waals surface area contributed by atoms with E-state index in [1.54, 1.807) is 30.3 Å². The molecule has 4 rings (SSSR count). The molecule has 32 heavy (non-hydrogen) atoms. The monoisotopic (exact) mass is 433 g/mol. The minimum Gasteiger partial charge on any atom is -0.494 e. The van der Waals surface area contributed by atoms with E-state index in [1.807, 2.05) is 25.1 Å². The molecule has 166 valence electrons. The van der Waals surface area contributed by atoms with Crippen LogP contribution in [0, 0.1) is 0 Å². The second-order valence-electron chi connectivity index (χ2n) is 7.86. The lowest BCUT2D eigenvalue weighted by Gasteiger charge is -2.26. The molecular weight excluding hydrogens is 406 g/mol. The van der Waals surface area contributed by atoms with Gasteiger partial charge in [-0.1, -0.05) is 19.4 Å². The lowest BCUT2D eigenvalue weighted by Crippen LogP contribution is -2.54. The van der Waals surface area contributed by atoms with Gasteiger partial charge in [0.15, 0.2) is 0 Å². The summed E-state index contributed by atoms with van der Waals surface area (Å²) in [7, 11) is 0. The number of ether oxygens (including phenoxy) is 1. The first-order valence-electron chi connectivity index (χ1n) is 11.0. The number of barbiturate groups is 1. The molecular formula is C25H27N3O4. The highest BCUT2D eigenvalue weighted by molar-refractivity contribution is 6.39. The van der Waals surface area contributed by atoms with Crippen LogP contribution in [0.5, 0.6) is 5.75 Å². The minimum absolute atomic E-state index is 0.0701. The minimum atomic E-state index is -0.762. The first kappa shape index (κ1) is 21.6. The highest BCUT2D eigenvalue weighted by Gasteiger charge is 2.36. The number of nitrogens with one attached hydrogen (secondary N) is 1. The van der Waals surface area contributed by atoms with Crippen LogP contribution in [0.1, 0.15) is 37.8 Å². The number of carbonyl (C=O) groups excluding carboxylic acids is 3. The Bertz CT molecular complexity index is 1080. The number of fused-ring (bicyclic) bond motifs is 1. The summed E-state index contributed by atoms with van der Waals surface area (Å²) < 4.78 is 5.41. The summed E-state index contributed by atoms with van der Waals surface area (Å²) in [5.74, 6) is -0.695. The fraction of sp³-hybridized carbons (Fsp3) is 0.320. The van der Waals surface area contributed by atoms with Crippen molar-refractivity contribution >= 4 is 35.3 Å². The summed E-state index contributed by atoms with van der Waals surface area (Å²) in [5, 5.41) is 2.27. The van der Waals surface area contributed by atoms with Gasteiger partial charge in [-0.3, -0.25) is 14.9 Å². The number of carbonyl (C=O) groups is 3. The lowest BCUT2D eigenvalue weighted by atomic mass is 10.0. The average molecular weight is 434 g/mol. The Labute approximate surface area is 187 Å². The molecule has 0 bridgehead atoms. The number of unbranched alkanes of at least 4 members (excludes halogenated alkanes) is 1. The Morgan fingerprint density at radius 3 is 2.56 bits per heavy atom. The van der Waals surface area contributed by atoms with Crippen molar-refractivity contribution in [2.75, 3.05) is 29.5 Å². The molecule has 2 aliphatic rings. The molecule has 4 amide bonds. The molecule has 0 atom stereocenters. The Morgan fingerprint density at radius 1 is 1.06 bits per heavy atom. The number of benzene rings is 2. The Hall–Kier alpha value is -3.61. The number of hydrogen-bond donors (Lipinski definition) is 1. The maximum atomic E-state index is 13.1. The van der Waals surface area contributed by atoms with Gasteiger partial charge in [0.05, 0.1) is 12.3 Å². The van der Waals surface area contributed by atoms with E-state index in [0.29, 0.717) is 18.0 Å². The van der Waals surface area contributed by atoms with E-state index < -0.39 is 17.8 Å². The summed E-state index contributed by atoms with van der Waals surface area (Å²) in [6.07, 6.45) is 4.79. The number of anilines is 2. The van der Waals surface area contributed by atoms with Gasteiger partial charge in [0.1, 0.15) is 11.3 Å². The van der Waals surface area contributed by atoms with E-state index in [-0.39, 0.29) is 5.57 Å². The van der Waals surface area contributed by atoms with Gasteiger partial charge in [0, 0.05) is 18.8 Å². The number of amides is 4. The van der Waals surface area contributed by atoms with Crippen molar-refractivity contribution in [1.82, 2.24) is 5.32 Å². The molecule has 1 fully saturated rings. The van der Waals surface area contributed by atoms with Gasteiger partial charge in [-0.2, -0.15) is 0 Å². The first-order chi connectivity index (χ1) is 15.5. The van der Waals surface area contributed by atoms with E-state index in [4.69, 9.17) is 4.74 Å². The predicted octanol–water partition coefficient (Wildman–Crippen LogP) is 3.91. The van der Waals surface area contributed by atoms with Gasteiger partial charge < -0.3 is 9.64 Å². The van der Waals surface area contributed by atoms with Crippen molar-refractivity contribution in [1.29, 1.82) is 0 Å². The first-order valence-corrected chi connectivity index (χ1v) is 11.0. The third-order valence-electron chi connectivity index (χ3n) is 5.70. The van der Waals surface area contributed by atoms with Crippen LogP contribution in [-0.4, -0.2) is 37.5 Å². The van der Waals surface area contributed by atoms with Crippen molar-refractivity contribution in [2.24, 2.45) is 0 Å². The van der Waals surface area contributed by atoms with Crippen LogP contribution in [0.2, 0.25) is 0 Å². The lowest BCUT2D eigenvalue weighted by molar-refractivity contribution is -0.122. The second kappa shape index (κ2) is 9.26. The molecule has 0 unspecified atom stereocenters. The number of imide groups is 2. The molecule has 2 aliphatic heterocycles. The Balaban J connectivity index is 1.59. The van der Waals surface area contributed by atoms with Crippen molar-refractivity contribution in [2.45, 2.75) is 33.1 Å². The van der Waals surface area contributed by atoms with Crippen LogP contribution in [0.4, 0.5) is 16.2 Å². The summed E-state index contributed by atoms with van der Waals surface area (Å²) in [6, 6.07) is 11.8. The topological polar surface area (TPSA) is 79.0 Å². The fourth-order valence-corrected chi connectivity index (χ4v) is 4.08. The van der Waals surface area contributed by atoms with Crippen LogP contribution in [0.3, 0.4) is 0 Å². The number of urea groups is 1. The van der Waals surface area contributed by atoms with Gasteiger partial charge in [0.2, 0.25) is 0 Å². The zero-order valence-corrected chi connectivity index (χ0v) is 18.4. The molecule has 2 aromatic rings. The van der Waals surface area contributed by atoms with Crippen LogP contribution in [-0.2, 0) is 16.0 Å². The van der Waals surface area contributed by atoms with Crippen molar-refractivity contribution < 1.29 is 19.1 Å². The Morgan fingerprint density at radius 2 is 1.84 bits per heavy atom. The summed E-state index contributed by atoms with van der Waals surface area (Å²) in [4.78, 5) is 41.3. The SMILES string of the molecule is CCCCN1CCc2cc(C=C3C(=O)NC(=O)N(c4ccc(OCC)cc4)C3=O)ccc21. The van der Waals surface area contributed by atoms with Gasteiger partial charge >= 0.3 is 6.03 Å². The van der Waals surface area contributed by atoms with E-state index in [1.165, 1.54) is 11.3 Å². The molecule has 7 nitrogen and oxygen atoms in total. The van der Waals surface area contributed by atoms with Crippen molar-refractivity contribution in [3.63, 3.8) is 0 Å². The maximum absolute atomic E-state index is 13.1. The smallest absolute Gasteiger partial charge is 0.335 e. The van der Waals surface area contributed by atoms with Crippen LogP contribution < -0.4 is 19.9 Å². The quantitative estimate of drug-likeness (QED) is 0.529. The normalized spacial score (nSPS) is 17.1. The molecule has 0 aliphatic carbocycles. The molecule has 7 heteroatoms. The fourth-order valence-electron chi connectivity index (χ4n) is 4.08. The van der Waals surface area contributed by atoms with Gasteiger partial charge in [-0.15, -0.1) is 0 Å². The number of rotatable bonds is 7. The number of hydrogen-bond acceptors (Lipinski definition) is 5. The average Bonchev–Trinajstić information content (AvgIpc) is 3.18. The van der Waals surface area contributed by atoms with E-state index in [9.17, 15) is 14.4 Å². The molecule has 0 radical (unpaired) electrons. The third kappa shape index (κ3) is 4.23. The highest BCUT2D eigenvalue weighted by atomic mass is 16.5.